The average molecular weight is 469 g/mol. The molecule has 0 aliphatic carbocycles. The Morgan fingerprint density at radius 3 is 2.70 bits per heavy atom. The third-order valence-electron chi connectivity index (χ3n) is 5.18. The standard InChI is InChI=1S/C22H24N5O5P/c23-22-20(5-2-12-27(22)15-31-33(28,29)30)21-14-19(26-32-21)13-17-8-6-16(7-9-17)3-1-4-18-10-11-24-25-18/h2,5-12,14,23H,1,3-4,13,15H2,(H3,24,25,28,29,30). The first-order valence-electron chi connectivity index (χ1n) is 10.4. The molecule has 1 atom stereocenters. The van der Waals surface area contributed by atoms with Crippen molar-refractivity contribution in [2.24, 2.45) is 0 Å². The van der Waals surface area contributed by atoms with Crippen LogP contribution in [0.25, 0.3) is 11.3 Å². The van der Waals surface area contributed by atoms with Crippen molar-refractivity contribution >= 4 is 13.6 Å². The Morgan fingerprint density at radius 1 is 1.18 bits per heavy atom. The van der Waals surface area contributed by atoms with Gasteiger partial charge in [-0.25, -0.2) is 4.57 Å². The lowest BCUT2D eigenvalue weighted by Gasteiger charge is -2.14. The van der Waals surface area contributed by atoms with E-state index in [0.29, 0.717) is 17.7 Å². The smallest absolute Gasteiger partial charge is 0.285 e. The number of aromatic nitrogens is 4. The van der Waals surface area contributed by atoms with E-state index >= 15 is 0 Å². The highest BCUT2D eigenvalue weighted by Gasteiger charge is 2.18. The zero-order valence-electron chi connectivity index (χ0n) is 17.8. The molecule has 3 aromatic heterocycles. The van der Waals surface area contributed by atoms with Crippen LogP contribution in [0, 0.1) is 0 Å². The topological polar surface area (TPSA) is 154 Å². The molecule has 3 heterocycles. The summed E-state index contributed by atoms with van der Waals surface area (Å²) in [6.45, 7) is -0.452. The maximum absolute atomic E-state index is 10.8. The second-order valence-electron chi connectivity index (χ2n) is 7.61. The van der Waals surface area contributed by atoms with E-state index in [9.17, 15) is 9.46 Å². The number of nitrogens with one attached hydrogen (secondary N) is 1. The van der Waals surface area contributed by atoms with Crippen molar-refractivity contribution in [2.45, 2.75) is 32.4 Å². The number of H-pyrrole nitrogens is 1. The van der Waals surface area contributed by atoms with Gasteiger partial charge in [0.2, 0.25) is 0 Å². The molecule has 0 radical (unpaired) electrons. The first-order chi connectivity index (χ1) is 15.9. The number of phosphoric acid groups is 1. The van der Waals surface area contributed by atoms with Crippen LogP contribution in [0.2, 0.25) is 0 Å². The lowest BCUT2D eigenvalue weighted by Crippen LogP contribution is -2.38. The van der Waals surface area contributed by atoms with Crippen LogP contribution < -0.4 is 15.2 Å². The van der Waals surface area contributed by atoms with E-state index in [1.54, 1.807) is 24.4 Å². The normalized spacial score (nSPS) is 13.2. The van der Waals surface area contributed by atoms with Crippen molar-refractivity contribution in [1.82, 2.24) is 15.4 Å². The number of benzene rings is 1. The molecular formula is C22H24N5O5P. The van der Waals surface area contributed by atoms with Crippen LogP contribution in [-0.2, 0) is 35.1 Å². The predicted molar refractivity (Wildman–Crippen MR) is 117 cm³/mol. The zero-order valence-corrected chi connectivity index (χ0v) is 18.6. The SMILES string of the molecule is Nc1c(-c2cc(Cc3ccc(CCCc4ccn[nH]4)cc3)no2)ccc[n+]1COP(=O)([O-])O. The first kappa shape index (κ1) is 22.9. The number of nitrogen functional groups attached to an aromatic ring is 1. The van der Waals surface area contributed by atoms with Crippen molar-refractivity contribution in [2.75, 3.05) is 5.73 Å². The van der Waals surface area contributed by atoms with E-state index in [-0.39, 0.29) is 5.82 Å². The second-order valence-corrected chi connectivity index (χ2v) is 8.81. The molecular weight excluding hydrogens is 445 g/mol. The van der Waals surface area contributed by atoms with Gasteiger partial charge in [-0.05, 0) is 48.6 Å². The van der Waals surface area contributed by atoms with E-state index in [0.717, 1.165) is 36.2 Å². The third-order valence-corrected chi connectivity index (χ3v) is 5.62. The predicted octanol–water partition coefficient (Wildman–Crippen LogP) is 2.14. The number of nitrogens with zero attached hydrogens (tertiary/aromatic N) is 3. The molecule has 0 saturated carbocycles. The lowest BCUT2D eigenvalue weighted by atomic mass is 10.0. The van der Waals surface area contributed by atoms with Crippen molar-refractivity contribution in [3.05, 3.63) is 83.4 Å². The van der Waals surface area contributed by atoms with Gasteiger partial charge in [0.05, 0.1) is 11.9 Å². The molecule has 1 unspecified atom stereocenters. The molecule has 33 heavy (non-hydrogen) atoms. The summed E-state index contributed by atoms with van der Waals surface area (Å²) in [6, 6.07) is 15.6. The molecule has 4 aromatic rings. The Bertz CT molecular complexity index is 1230. The monoisotopic (exact) mass is 469 g/mol. The maximum atomic E-state index is 10.8. The highest BCUT2D eigenvalue weighted by Crippen LogP contribution is 2.30. The van der Waals surface area contributed by atoms with Crippen LogP contribution in [-0.4, -0.2) is 20.2 Å². The van der Waals surface area contributed by atoms with E-state index in [4.69, 9.17) is 15.2 Å². The molecule has 172 valence electrons. The highest BCUT2D eigenvalue weighted by atomic mass is 31.2. The molecule has 11 heteroatoms. The summed E-state index contributed by atoms with van der Waals surface area (Å²) in [5.41, 5.74) is 10.9. The van der Waals surface area contributed by atoms with Gasteiger partial charge in [0.25, 0.3) is 13.6 Å². The van der Waals surface area contributed by atoms with Crippen molar-refractivity contribution in [1.29, 1.82) is 0 Å². The Labute approximate surface area is 190 Å². The van der Waals surface area contributed by atoms with Crippen LogP contribution in [0.5, 0.6) is 0 Å². The highest BCUT2D eigenvalue weighted by molar-refractivity contribution is 7.44. The van der Waals surface area contributed by atoms with Gasteiger partial charge >= 0.3 is 0 Å². The quantitative estimate of drug-likeness (QED) is 0.236. The molecule has 0 spiro atoms. The van der Waals surface area contributed by atoms with Crippen LogP contribution in [0.1, 0.15) is 28.9 Å². The minimum atomic E-state index is -4.86. The van der Waals surface area contributed by atoms with Crippen molar-refractivity contribution in [3.8, 4) is 11.3 Å². The molecule has 10 nitrogen and oxygen atoms in total. The minimum absolute atomic E-state index is 0.216. The Balaban J connectivity index is 1.37. The van der Waals surface area contributed by atoms with Crippen LogP contribution >= 0.6 is 7.82 Å². The summed E-state index contributed by atoms with van der Waals surface area (Å²) < 4.78 is 22.1. The molecule has 0 saturated heterocycles. The van der Waals surface area contributed by atoms with Gasteiger partial charge in [-0.15, -0.1) is 0 Å². The summed E-state index contributed by atoms with van der Waals surface area (Å²) in [5.74, 6) is 0.662. The van der Waals surface area contributed by atoms with Gasteiger partial charge in [0, 0.05) is 24.4 Å². The average Bonchev–Trinajstić information content (AvgIpc) is 3.46. The number of hydrogen-bond donors (Lipinski definition) is 3. The van der Waals surface area contributed by atoms with Gasteiger partial charge in [-0.2, -0.15) is 5.10 Å². The summed E-state index contributed by atoms with van der Waals surface area (Å²) in [4.78, 5) is 19.6. The number of phosphoric ester groups is 1. The van der Waals surface area contributed by atoms with Gasteiger partial charge in [0.1, 0.15) is 5.56 Å². The number of nitrogens with two attached hydrogens (primary N) is 1. The van der Waals surface area contributed by atoms with E-state index in [1.165, 1.54) is 16.3 Å². The van der Waals surface area contributed by atoms with E-state index in [1.807, 2.05) is 6.07 Å². The number of rotatable bonds is 10. The van der Waals surface area contributed by atoms with Crippen LogP contribution in [0.15, 0.2) is 65.4 Å². The molecule has 4 rings (SSSR count). The van der Waals surface area contributed by atoms with Gasteiger partial charge < -0.3 is 14.3 Å². The summed E-state index contributed by atoms with van der Waals surface area (Å²) in [5, 5.41) is 11.1. The minimum Gasteiger partial charge on any atom is -0.756 e. The van der Waals surface area contributed by atoms with Gasteiger partial charge in [0.15, 0.2) is 12.5 Å². The number of anilines is 1. The fourth-order valence-corrected chi connectivity index (χ4v) is 3.75. The largest absolute Gasteiger partial charge is 0.756 e. The Hall–Kier alpha value is -3.30. The number of hydrogen-bond acceptors (Lipinski definition) is 7. The molecule has 0 aliphatic heterocycles. The lowest BCUT2D eigenvalue weighted by molar-refractivity contribution is -0.712. The summed E-state index contributed by atoms with van der Waals surface area (Å²) in [7, 11) is -4.86. The van der Waals surface area contributed by atoms with Crippen molar-refractivity contribution < 1.29 is 28.0 Å². The maximum Gasteiger partial charge on any atom is 0.285 e. The number of pyridine rings is 1. The van der Waals surface area contributed by atoms with Gasteiger partial charge in [-0.3, -0.25) is 19.9 Å². The summed E-state index contributed by atoms with van der Waals surface area (Å²) >= 11 is 0. The van der Waals surface area contributed by atoms with E-state index < -0.39 is 14.6 Å². The molecule has 0 aliphatic rings. The van der Waals surface area contributed by atoms with E-state index in [2.05, 4.69) is 44.1 Å². The van der Waals surface area contributed by atoms with Gasteiger partial charge in [-0.1, -0.05) is 29.4 Å². The zero-order chi connectivity index (χ0) is 23.3. The Morgan fingerprint density at radius 2 is 1.97 bits per heavy atom. The molecule has 0 amide bonds. The number of aromatic amines is 1. The third kappa shape index (κ3) is 6.36. The number of aryl methyl sites for hydroxylation is 2. The van der Waals surface area contributed by atoms with Crippen LogP contribution in [0.4, 0.5) is 5.82 Å². The fraction of sp³-hybridized carbons (Fsp3) is 0.227. The fourth-order valence-electron chi connectivity index (χ4n) is 3.48. The second kappa shape index (κ2) is 10.1. The Kier molecular flexibility index (Phi) is 7.00. The van der Waals surface area contributed by atoms with Crippen LogP contribution in [0.3, 0.4) is 0 Å². The molecule has 4 N–H and O–H groups in total. The first-order valence-corrected chi connectivity index (χ1v) is 11.9. The van der Waals surface area contributed by atoms with Crippen molar-refractivity contribution in [3.63, 3.8) is 0 Å². The molecule has 0 fully saturated rings. The summed E-state index contributed by atoms with van der Waals surface area (Å²) in [6.07, 6.45) is 6.89. The molecule has 0 bridgehead atoms. The molecule has 1 aromatic carbocycles.